The van der Waals surface area contributed by atoms with Crippen molar-refractivity contribution in [3.05, 3.63) is 0 Å². The maximum Gasteiger partial charge on any atom is 0.191 e. The van der Waals surface area contributed by atoms with Crippen LogP contribution in [0.3, 0.4) is 0 Å². The third-order valence-corrected chi connectivity index (χ3v) is 3.78. The van der Waals surface area contributed by atoms with E-state index < -0.39 is 0 Å². The van der Waals surface area contributed by atoms with Crippen LogP contribution in [-0.2, 0) is 4.74 Å². The Kier molecular flexibility index (Phi) is 10.2. The summed E-state index contributed by atoms with van der Waals surface area (Å²) >= 11 is 0. The maximum absolute atomic E-state index is 5.60. The van der Waals surface area contributed by atoms with Crippen LogP contribution in [0.25, 0.3) is 0 Å². The van der Waals surface area contributed by atoms with Crippen molar-refractivity contribution in [1.82, 2.24) is 15.5 Å². The summed E-state index contributed by atoms with van der Waals surface area (Å²) in [4.78, 5) is 7.16. The van der Waals surface area contributed by atoms with Crippen molar-refractivity contribution in [3.63, 3.8) is 0 Å². The highest BCUT2D eigenvalue weighted by atomic mass is 16.5. The van der Waals surface area contributed by atoms with Crippen LogP contribution in [0.4, 0.5) is 0 Å². The summed E-state index contributed by atoms with van der Waals surface area (Å²) in [6.45, 7) is 13.3. The van der Waals surface area contributed by atoms with Crippen molar-refractivity contribution in [2.45, 2.75) is 40.0 Å². The molecule has 0 saturated carbocycles. The first kappa shape index (κ1) is 19.2. The second-order valence-corrected chi connectivity index (χ2v) is 6.74. The van der Waals surface area contributed by atoms with Crippen LogP contribution in [0, 0.1) is 11.8 Å². The molecule has 1 atom stereocenters. The first-order valence-corrected chi connectivity index (χ1v) is 8.90. The molecule has 0 aromatic rings. The molecule has 0 aromatic carbocycles. The van der Waals surface area contributed by atoms with Gasteiger partial charge in [0.05, 0.1) is 0 Å². The third kappa shape index (κ3) is 9.26. The van der Waals surface area contributed by atoms with Crippen LogP contribution in [0.5, 0.6) is 0 Å². The molecule has 0 spiro atoms. The lowest BCUT2D eigenvalue weighted by Crippen LogP contribution is -2.39. The van der Waals surface area contributed by atoms with E-state index in [4.69, 9.17) is 9.73 Å². The van der Waals surface area contributed by atoms with Crippen molar-refractivity contribution in [1.29, 1.82) is 0 Å². The Labute approximate surface area is 136 Å². The van der Waals surface area contributed by atoms with Gasteiger partial charge in [0, 0.05) is 39.4 Å². The lowest BCUT2D eigenvalue weighted by Gasteiger charge is -2.28. The van der Waals surface area contributed by atoms with E-state index in [0.29, 0.717) is 11.8 Å². The molecule has 1 aliphatic heterocycles. The number of hydrogen-bond acceptors (Lipinski definition) is 3. The van der Waals surface area contributed by atoms with Crippen molar-refractivity contribution in [3.8, 4) is 0 Å². The number of rotatable bonds is 9. The molecular weight excluding hydrogens is 276 g/mol. The Morgan fingerprint density at radius 2 is 2.18 bits per heavy atom. The minimum absolute atomic E-state index is 0.612. The van der Waals surface area contributed by atoms with Gasteiger partial charge in [0.1, 0.15) is 0 Å². The van der Waals surface area contributed by atoms with Gasteiger partial charge in [-0.3, -0.25) is 4.99 Å². The number of piperidine rings is 1. The third-order valence-electron chi connectivity index (χ3n) is 3.78. The standard InChI is InChI=1S/C17H36N4O/c1-5-18-17(19-9-7-11-22-14-15(2)3)20-12-16-8-6-10-21(4)13-16/h15-16H,5-14H2,1-4H3,(H2,18,19,20). The largest absolute Gasteiger partial charge is 0.381 e. The fraction of sp³-hybridized carbons (Fsp3) is 0.941. The van der Waals surface area contributed by atoms with Crippen LogP contribution in [0.2, 0.25) is 0 Å². The zero-order chi connectivity index (χ0) is 16.2. The van der Waals surface area contributed by atoms with E-state index in [2.05, 4.69) is 43.4 Å². The van der Waals surface area contributed by atoms with Gasteiger partial charge in [0.15, 0.2) is 5.96 Å². The van der Waals surface area contributed by atoms with E-state index in [-0.39, 0.29) is 0 Å². The number of hydrogen-bond donors (Lipinski definition) is 2. The molecule has 0 aromatic heterocycles. The second kappa shape index (κ2) is 11.7. The molecule has 1 aliphatic rings. The molecular formula is C17H36N4O. The Hall–Kier alpha value is -0.810. The molecule has 0 amide bonds. The average molecular weight is 313 g/mol. The number of likely N-dealkylation sites (tertiary alicyclic amines) is 1. The molecule has 0 radical (unpaired) electrons. The highest BCUT2D eigenvalue weighted by Gasteiger charge is 2.16. The lowest BCUT2D eigenvalue weighted by molar-refractivity contribution is 0.108. The normalized spacial score (nSPS) is 20.4. The molecule has 0 aliphatic carbocycles. The maximum atomic E-state index is 5.60. The minimum Gasteiger partial charge on any atom is -0.381 e. The zero-order valence-corrected chi connectivity index (χ0v) is 15.0. The van der Waals surface area contributed by atoms with Crippen LogP contribution >= 0.6 is 0 Å². The van der Waals surface area contributed by atoms with Gasteiger partial charge in [0.25, 0.3) is 0 Å². The molecule has 1 rings (SSSR count). The van der Waals surface area contributed by atoms with E-state index >= 15 is 0 Å². The van der Waals surface area contributed by atoms with Gasteiger partial charge in [-0.2, -0.15) is 0 Å². The topological polar surface area (TPSA) is 48.9 Å². The van der Waals surface area contributed by atoms with E-state index in [1.54, 1.807) is 0 Å². The van der Waals surface area contributed by atoms with Gasteiger partial charge in [0.2, 0.25) is 0 Å². The fourth-order valence-electron chi connectivity index (χ4n) is 2.68. The molecule has 1 saturated heterocycles. The molecule has 0 bridgehead atoms. The van der Waals surface area contributed by atoms with E-state index in [9.17, 15) is 0 Å². The number of nitrogens with one attached hydrogen (secondary N) is 2. The van der Waals surface area contributed by atoms with Crippen LogP contribution in [0.15, 0.2) is 4.99 Å². The predicted molar refractivity (Wildman–Crippen MR) is 94.5 cm³/mol. The van der Waals surface area contributed by atoms with Crippen molar-refractivity contribution >= 4 is 5.96 Å². The van der Waals surface area contributed by atoms with E-state index in [0.717, 1.165) is 45.2 Å². The molecule has 130 valence electrons. The minimum atomic E-state index is 0.612. The molecule has 5 heteroatoms. The van der Waals surface area contributed by atoms with Crippen LogP contribution in [-0.4, -0.2) is 63.8 Å². The Balaban J connectivity index is 2.20. The first-order valence-electron chi connectivity index (χ1n) is 8.90. The number of aliphatic imine (C=N–C) groups is 1. The summed E-state index contributed by atoms with van der Waals surface area (Å²) in [6, 6.07) is 0. The highest BCUT2D eigenvalue weighted by molar-refractivity contribution is 5.79. The summed E-state index contributed by atoms with van der Waals surface area (Å²) in [5, 5.41) is 6.73. The smallest absolute Gasteiger partial charge is 0.191 e. The van der Waals surface area contributed by atoms with Crippen LogP contribution in [0.1, 0.15) is 40.0 Å². The van der Waals surface area contributed by atoms with Gasteiger partial charge in [-0.1, -0.05) is 13.8 Å². The summed E-state index contributed by atoms with van der Waals surface area (Å²) in [6.07, 6.45) is 3.62. The fourth-order valence-corrected chi connectivity index (χ4v) is 2.68. The Bertz CT molecular complexity index is 307. The van der Waals surface area contributed by atoms with Gasteiger partial charge in [-0.05, 0) is 51.6 Å². The Morgan fingerprint density at radius 1 is 1.36 bits per heavy atom. The molecule has 1 fully saturated rings. The second-order valence-electron chi connectivity index (χ2n) is 6.74. The number of ether oxygens (including phenoxy) is 1. The predicted octanol–water partition coefficient (Wildman–Crippen LogP) is 1.95. The summed E-state index contributed by atoms with van der Waals surface area (Å²) < 4.78 is 5.60. The van der Waals surface area contributed by atoms with Gasteiger partial charge in [-0.15, -0.1) is 0 Å². The average Bonchev–Trinajstić information content (AvgIpc) is 2.48. The van der Waals surface area contributed by atoms with Gasteiger partial charge in [-0.25, -0.2) is 0 Å². The monoisotopic (exact) mass is 312 g/mol. The molecule has 5 nitrogen and oxygen atoms in total. The molecule has 2 N–H and O–H groups in total. The quantitative estimate of drug-likeness (QED) is 0.388. The highest BCUT2D eigenvalue weighted by Crippen LogP contribution is 2.14. The van der Waals surface area contributed by atoms with Crippen molar-refractivity contribution in [2.75, 3.05) is 53.0 Å². The lowest BCUT2D eigenvalue weighted by atomic mass is 9.99. The van der Waals surface area contributed by atoms with Crippen LogP contribution < -0.4 is 10.6 Å². The first-order chi connectivity index (χ1) is 10.6. The summed E-state index contributed by atoms with van der Waals surface area (Å²) in [5.74, 6) is 2.25. The van der Waals surface area contributed by atoms with Crippen molar-refractivity contribution < 1.29 is 4.74 Å². The molecule has 1 heterocycles. The van der Waals surface area contributed by atoms with Crippen molar-refractivity contribution in [2.24, 2.45) is 16.8 Å². The number of nitrogens with zero attached hydrogens (tertiary/aromatic N) is 2. The number of guanidine groups is 1. The van der Waals surface area contributed by atoms with E-state index in [1.807, 2.05) is 0 Å². The molecule has 22 heavy (non-hydrogen) atoms. The van der Waals surface area contributed by atoms with Gasteiger partial charge < -0.3 is 20.3 Å². The Morgan fingerprint density at radius 3 is 2.86 bits per heavy atom. The molecule has 1 unspecified atom stereocenters. The summed E-state index contributed by atoms with van der Waals surface area (Å²) in [5.41, 5.74) is 0. The summed E-state index contributed by atoms with van der Waals surface area (Å²) in [7, 11) is 2.20. The zero-order valence-electron chi connectivity index (χ0n) is 15.0. The van der Waals surface area contributed by atoms with Gasteiger partial charge >= 0.3 is 0 Å². The van der Waals surface area contributed by atoms with E-state index in [1.165, 1.54) is 25.9 Å². The SMILES string of the molecule is CCNC(=NCC1CCCN(C)C1)NCCCOCC(C)C.